The van der Waals surface area contributed by atoms with Crippen molar-refractivity contribution in [1.29, 1.82) is 0 Å². The molecule has 0 atom stereocenters. The van der Waals surface area contributed by atoms with Crippen molar-refractivity contribution >= 4 is 23.2 Å². The second-order valence-electron chi connectivity index (χ2n) is 4.61. The molecule has 0 fully saturated rings. The maximum atomic E-state index is 11.0. The Morgan fingerprint density at radius 2 is 2.17 bits per heavy atom. The van der Waals surface area contributed by atoms with Crippen LogP contribution < -0.4 is 5.73 Å². The number of carbonyl (C=O) groups excluding carboxylic acids is 1. The van der Waals surface area contributed by atoms with Gasteiger partial charge in [-0.05, 0) is 22.9 Å². The number of hydrogen-bond donors (Lipinski definition) is 2. The summed E-state index contributed by atoms with van der Waals surface area (Å²) in [5.74, 6) is -0.942. The lowest BCUT2D eigenvalue weighted by Crippen LogP contribution is -2.35. The molecule has 5 nitrogen and oxygen atoms in total. The summed E-state index contributed by atoms with van der Waals surface area (Å²) >= 11 is 1.20. The van der Waals surface area contributed by atoms with Gasteiger partial charge in [0.25, 0.3) is 0 Å². The van der Waals surface area contributed by atoms with Crippen LogP contribution in [0, 0.1) is 5.92 Å². The van der Waals surface area contributed by atoms with E-state index < -0.39 is 11.9 Å². The third-order valence-corrected chi connectivity index (χ3v) is 3.28. The van der Waals surface area contributed by atoms with Crippen LogP contribution in [0.1, 0.15) is 29.1 Å². The van der Waals surface area contributed by atoms with E-state index in [4.69, 9.17) is 10.8 Å². The highest BCUT2D eigenvalue weighted by Gasteiger charge is 2.16. The van der Waals surface area contributed by atoms with Crippen LogP contribution in [-0.2, 0) is 11.3 Å². The van der Waals surface area contributed by atoms with Crippen LogP contribution in [0.2, 0.25) is 0 Å². The molecule has 0 saturated heterocycles. The summed E-state index contributed by atoms with van der Waals surface area (Å²) in [7, 11) is 0. The normalized spacial score (nSPS) is 11.1. The van der Waals surface area contributed by atoms with E-state index in [-0.39, 0.29) is 6.54 Å². The third-order valence-electron chi connectivity index (χ3n) is 2.34. The van der Waals surface area contributed by atoms with Crippen molar-refractivity contribution in [1.82, 2.24) is 4.90 Å². The number of nitrogens with zero attached hydrogens (tertiary/aromatic N) is 1. The van der Waals surface area contributed by atoms with Gasteiger partial charge >= 0.3 is 5.97 Å². The van der Waals surface area contributed by atoms with Crippen molar-refractivity contribution < 1.29 is 14.7 Å². The molecule has 18 heavy (non-hydrogen) atoms. The van der Waals surface area contributed by atoms with Crippen LogP contribution >= 0.6 is 11.3 Å². The first-order valence-corrected chi connectivity index (χ1v) is 6.58. The predicted molar refractivity (Wildman–Crippen MR) is 70.6 cm³/mol. The predicted octanol–water partition coefficient (Wildman–Crippen LogP) is 1.39. The minimum atomic E-state index is -0.927. The van der Waals surface area contributed by atoms with E-state index in [9.17, 15) is 9.59 Å². The van der Waals surface area contributed by atoms with Crippen LogP contribution in [0.15, 0.2) is 11.4 Å². The number of carboxylic acid groups (broad SMARTS) is 1. The molecule has 0 aromatic carbocycles. The molecule has 0 aliphatic heterocycles. The third kappa shape index (κ3) is 4.46. The average molecular weight is 270 g/mol. The molecule has 0 radical (unpaired) electrons. The van der Waals surface area contributed by atoms with Gasteiger partial charge in [-0.3, -0.25) is 9.69 Å². The van der Waals surface area contributed by atoms with E-state index in [0.29, 0.717) is 23.9 Å². The average Bonchev–Trinajstić information content (AvgIpc) is 2.63. The van der Waals surface area contributed by atoms with Gasteiger partial charge in [0, 0.05) is 13.1 Å². The van der Waals surface area contributed by atoms with Crippen molar-refractivity contribution in [3.05, 3.63) is 21.9 Å². The van der Waals surface area contributed by atoms with Crippen LogP contribution in [0.3, 0.4) is 0 Å². The second-order valence-corrected chi connectivity index (χ2v) is 5.53. The van der Waals surface area contributed by atoms with Gasteiger partial charge in [0.1, 0.15) is 4.88 Å². The second kappa shape index (κ2) is 6.51. The fourth-order valence-corrected chi connectivity index (χ4v) is 2.56. The first kappa shape index (κ1) is 14.7. The Morgan fingerprint density at radius 1 is 1.50 bits per heavy atom. The van der Waals surface area contributed by atoms with E-state index in [1.165, 1.54) is 11.3 Å². The zero-order valence-electron chi connectivity index (χ0n) is 10.5. The van der Waals surface area contributed by atoms with Crippen LogP contribution in [0.4, 0.5) is 0 Å². The lowest BCUT2D eigenvalue weighted by molar-refractivity contribution is -0.119. The van der Waals surface area contributed by atoms with Crippen LogP contribution in [0.25, 0.3) is 0 Å². The molecule has 100 valence electrons. The van der Waals surface area contributed by atoms with Crippen LogP contribution in [-0.4, -0.2) is 35.0 Å². The molecule has 0 saturated carbocycles. The van der Waals surface area contributed by atoms with Crippen molar-refractivity contribution in [2.75, 3.05) is 13.1 Å². The number of thiophene rings is 1. The molecule has 1 amide bonds. The van der Waals surface area contributed by atoms with Gasteiger partial charge in [-0.2, -0.15) is 0 Å². The molecule has 0 aliphatic rings. The standard InChI is InChI=1S/C12H18N2O3S/c1-8(2)5-14(7-10(13)15)6-9-3-4-18-11(9)12(16)17/h3-4,8H,5-7H2,1-2H3,(H2,13,15)(H,16,17). The van der Waals surface area contributed by atoms with E-state index in [2.05, 4.69) is 0 Å². The number of amides is 1. The van der Waals surface area contributed by atoms with Crippen molar-refractivity contribution in [2.24, 2.45) is 11.7 Å². The summed E-state index contributed by atoms with van der Waals surface area (Å²) in [6.07, 6.45) is 0. The lowest BCUT2D eigenvalue weighted by atomic mass is 10.1. The molecule has 1 aromatic rings. The molecular weight excluding hydrogens is 252 g/mol. The Kier molecular flexibility index (Phi) is 5.30. The number of carboxylic acids is 1. The zero-order chi connectivity index (χ0) is 13.7. The molecule has 0 bridgehead atoms. The number of hydrogen-bond acceptors (Lipinski definition) is 4. The summed E-state index contributed by atoms with van der Waals surface area (Å²) in [5.41, 5.74) is 5.93. The minimum absolute atomic E-state index is 0.146. The van der Waals surface area contributed by atoms with Gasteiger partial charge in [-0.1, -0.05) is 13.8 Å². The molecule has 3 N–H and O–H groups in total. The Hall–Kier alpha value is -1.40. The smallest absolute Gasteiger partial charge is 0.346 e. The summed E-state index contributed by atoms with van der Waals surface area (Å²) < 4.78 is 0. The Labute approximate surface area is 110 Å². The minimum Gasteiger partial charge on any atom is -0.477 e. The molecule has 0 unspecified atom stereocenters. The Morgan fingerprint density at radius 3 is 2.67 bits per heavy atom. The summed E-state index contributed by atoms with van der Waals surface area (Å²) in [6, 6.07) is 1.78. The topological polar surface area (TPSA) is 83.6 Å². The quantitative estimate of drug-likeness (QED) is 0.784. The monoisotopic (exact) mass is 270 g/mol. The highest BCUT2D eigenvalue weighted by Crippen LogP contribution is 2.19. The first-order chi connectivity index (χ1) is 8.40. The highest BCUT2D eigenvalue weighted by molar-refractivity contribution is 7.12. The molecule has 6 heteroatoms. The molecule has 1 rings (SSSR count). The maximum absolute atomic E-state index is 11.0. The van der Waals surface area contributed by atoms with Crippen molar-refractivity contribution in [3.63, 3.8) is 0 Å². The summed E-state index contributed by atoms with van der Waals surface area (Å²) in [6.45, 7) is 5.37. The van der Waals surface area contributed by atoms with E-state index in [1.54, 1.807) is 11.4 Å². The van der Waals surface area contributed by atoms with Gasteiger partial charge in [0.15, 0.2) is 0 Å². The van der Waals surface area contributed by atoms with E-state index >= 15 is 0 Å². The molecular formula is C12H18N2O3S. The number of primary amides is 1. The largest absolute Gasteiger partial charge is 0.477 e. The van der Waals surface area contributed by atoms with E-state index in [1.807, 2.05) is 18.7 Å². The van der Waals surface area contributed by atoms with Gasteiger partial charge in [0.2, 0.25) is 5.91 Å². The van der Waals surface area contributed by atoms with Gasteiger partial charge < -0.3 is 10.8 Å². The number of carbonyl (C=O) groups is 2. The summed E-state index contributed by atoms with van der Waals surface area (Å²) in [4.78, 5) is 24.2. The van der Waals surface area contributed by atoms with Gasteiger partial charge in [0.05, 0.1) is 6.54 Å². The van der Waals surface area contributed by atoms with E-state index in [0.717, 1.165) is 5.56 Å². The molecule has 1 heterocycles. The van der Waals surface area contributed by atoms with Crippen molar-refractivity contribution in [3.8, 4) is 0 Å². The molecule has 1 aromatic heterocycles. The highest BCUT2D eigenvalue weighted by atomic mass is 32.1. The zero-order valence-corrected chi connectivity index (χ0v) is 11.4. The first-order valence-electron chi connectivity index (χ1n) is 5.70. The SMILES string of the molecule is CC(C)CN(CC(N)=O)Cc1ccsc1C(=O)O. The molecule has 0 aliphatic carbocycles. The fraction of sp³-hybridized carbons (Fsp3) is 0.500. The number of rotatable bonds is 7. The van der Waals surface area contributed by atoms with Crippen LogP contribution in [0.5, 0.6) is 0 Å². The molecule has 0 spiro atoms. The summed E-state index contributed by atoms with van der Waals surface area (Å²) in [5, 5.41) is 10.8. The van der Waals surface area contributed by atoms with Gasteiger partial charge in [-0.25, -0.2) is 4.79 Å². The van der Waals surface area contributed by atoms with Crippen molar-refractivity contribution in [2.45, 2.75) is 20.4 Å². The maximum Gasteiger partial charge on any atom is 0.346 e. The Bertz CT molecular complexity index is 429. The number of nitrogens with two attached hydrogens (primary N) is 1. The fourth-order valence-electron chi connectivity index (χ4n) is 1.81. The number of aromatic carboxylic acids is 1. The Balaban J connectivity index is 2.78. The van der Waals surface area contributed by atoms with Gasteiger partial charge in [-0.15, -0.1) is 11.3 Å². The lowest BCUT2D eigenvalue weighted by Gasteiger charge is -2.22.